The van der Waals surface area contributed by atoms with Crippen molar-refractivity contribution in [3.63, 3.8) is 0 Å². The Kier molecular flexibility index (Phi) is 6.33. The van der Waals surface area contributed by atoms with Gasteiger partial charge in [-0.3, -0.25) is 0 Å². The minimum atomic E-state index is 0.243. The fourth-order valence-electron chi connectivity index (χ4n) is 7.67. The number of hydrogen-bond acceptors (Lipinski definition) is 0. The summed E-state index contributed by atoms with van der Waals surface area (Å²) in [5.74, 6) is 0.243. The van der Waals surface area contributed by atoms with Crippen molar-refractivity contribution in [1.29, 1.82) is 0 Å². The Morgan fingerprint density at radius 1 is 0.556 bits per heavy atom. The molecule has 0 amide bonds. The molecule has 1 atom stereocenters. The van der Waals surface area contributed by atoms with Gasteiger partial charge in [0.05, 0.1) is 10.9 Å². The number of hydrogen-bond donors (Lipinski definition) is 0. The molecule has 3 heteroatoms. The van der Waals surface area contributed by atoms with Gasteiger partial charge in [-0.25, -0.2) is 0 Å². The van der Waals surface area contributed by atoms with Gasteiger partial charge >= 0.3 is 0 Å². The van der Waals surface area contributed by atoms with E-state index < -0.39 is 0 Å². The lowest BCUT2D eigenvalue weighted by molar-refractivity contribution is 0.823. The van der Waals surface area contributed by atoms with Gasteiger partial charge in [-0.15, -0.1) is 0 Å². The molecule has 0 saturated heterocycles. The normalized spacial score (nSPS) is 14.9. The second kappa shape index (κ2) is 10.6. The molecule has 1 heterocycles. The van der Waals surface area contributed by atoms with Crippen molar-refractivity contribution in [2.45, 2.75) is 12.3 Å². The van der Waals surface area contributed by atoms with E-state index >= 15 is 0 Å². The number of nitrogens with zero attached hydrogens (tertiary/aromatic N) is 1. The van der Waals surface area contributed by atoms with E-state index in [4.69, 9.17) is 0 Å². The average molecular weight is 705 g/mol. The van der Waals surface area contributed by atoms with Crippen LogP contribution < -0.4 is 10.4 Å². The van der Waals surface area contributed by atoms with Gasteiger partial charge in [0.25, 0.3) is 0 Å². The van der Waals surface area contributed by atoms with Gasteiger partial charge in [0.1, 0.15) is 0 Å². The van der Waals surface area contributed by atoms with Crippen LogP contribution in [0.4, 0.5) is 0 Å². The summed E-state index contributed by atoms with van der Waals surface area (Å²) in [7, 11) is 0. The van der Waals surface area contributed by atoms with Crippen molar-refractivity contribution >= 4 is 53.9 Å². The molecule has 45 heavy (non-hydrogen) atoms. The topological polar surface area (TPSA) is 4.93 Å². The van der Waals surface area contributed by atoms with Crippen LogP contribution in [0.1, 0.15) is 29.0 Å². The highest BCUT2D eigenvalue weighted by Crippen LogP contribution is 2.45. The van der Waals surface area contributed by atoms with E-state index in [0.29, 0.717) is 0 Å². The molecular formula is C42H27Br2N. The summed E-state index contributed by atoms with van der Waals surface area (Å²) >= 11 is 7.62. The molecule has 2 aliphatic carbocycles. The maximum Gasteiger partial charge on any atom is 0.0625 e. The van der Waals surface area contributed by atoms with Crippen molar-refractivity contribution in [2.75, 3.05) is 0 Å². The molecule has 1 unspecified atom stereocenters. The first kappa shape index (κ1) is 26.9. The Morgan fingerprint density at radius 3 is 1.96 bits per heavy atom. The maximum absolute atomic E-state index is 3.82. The van der Waals surface area contributed by atoms with Gasteiger partial charge in [-0.2, -0.15) is 0 Å². The number of aromatic nitrogens is 1. The molecule has 0 N–H and O–H groups in total. The SMILES string of the molecule is Brc1ccc2c(c1)C(c1ccccc1)CC1=c3ccccc3=c3c(c4ccc(Br)cc4n3-c3ccccc3)=c3ccccc3=C12. The average Bonchev–Trinajstić information content (AvgIpc) is 3.41. The van der Waals surface area contributed by atoms with E-state index in [0.717, 1.165) is 21.1 Å². The number of fused-ring (bicyclic) bond motifs is 8. The smallest absolute Gasteiger partial charge is 0.0625 e. The summed E-state index contributed by atoms with van der Waals surface area (Å²) in [5.41, 5.74) is 9.13. The zero-order chi connectivity index (χ0) is 30.1. The van der Waals surface area contributed by atoms with Crippen LogP contribution >= 0.6 is 31.9 Å². The van der Waals surface area contributed by atoms with Crippen molar-refractivity contribution < 1.29 is 0 Å². The summed E-state index contributed by atoms with van der Waals surface area (Å²) < 4.78 is 4.66. The molecule has 0 fully saturated rings. The predicted molar refractivity (Wildman–Crippen MR) is 191 cm³/mol. The van der Waals surface area contributed by atoms with Crippen LogP contribution in [0.3, 0.4) is 0 Å². The first-order chi connectivity index (χ1) is 22.2. The number of rotatable bonds is 2. The second-order valence-corrected chi connectivity index (χ2v) is 13.7. The number of halogens is 2. The Labute approximate surface area is 277 Å². The van der Waals surface area contributed by atoms with Crippen LogP contribution in [0.5, 0.6) is 0 Å². The molecule has 6 aromatic carbocycles. The summed E-state index contributed by atoms with van der Waals surface area (Å²) in [6.07, 6.45) is 0.917. The number of benzene rings is 6. The van der Waals surface area contributed by atoms with Gasteiger partial charge in [0.15, 0.2) is 0 Å². The van der Waals surface area contributed by atoms with Crippen LogP contribution in [-0.2, 0) is 0 Å². The minimum absolute atomic E-state index is 0.243. The maximum atomic E-state index is 3.82. The Hall–Kier alpha value is -4.44. The van der Waals surface area contributed by atoms with Crippen LogP contribution in [0.15, 0.2) is 155 Å². The first-order valence-electron chi connectivity index (χ1n) is 15.3. The Bertz CT molecular complexity index is 2640. The standard InChI is InChI=1S/C42H27Br2N/c43-27-19-21-33-37(23-27)36(26-11-3-1-4-12-26)25-38-30-15-7-10-18-34(30)42-41(32-17-9-8-16-31(32)40(33)38)35-22-20-28(44)24-39(35)45(42)29-13-5-2-6-14-29/h1-24,36H,25H2. The van der Waals surface area contributed by atoms with Gasteiger partial charge in [-0.1, -0.05) is 141 Å². The van der Waals surface area contributed by atoms with Crippen LogP contribution in [0.25, 0.3) is 27.7 Å². The van der Waals surface area contributed by atoms with Gasteiger partial charge in [0, 0.05) is 36.4 Å². The highest BCUT2D eigenvalue weighted by Gasteiger charge is 2.30. The fourth-order valence-corrected chi connectivity index (χ4v) is 8.40. The quantitative estimate of drug-likeness (QED) is 0.169. The summed E-state index contributed by atoms with van der Waals surface area (Å²) in [5, 5.41) is 8.88. The highest BCUT2D eigenvalue weighted by atomic mass is 79.9. The fraction of sp³-hybridized carbons (Fsp3) is 0.0476. The Morgan fingerprint density at radius 2 is 1.18 bits per heavy atom. The highest BCUT2D eigenvalue weighted by molar-refractivity contribution is 9.10. The molecule has 214 valence electrons. The molecule has 1 nitrogen and oxygen atoms in total. The minimum Gasteiger partial charge on any atom is -0.309 e. The molecule has 9 rings (SSSR count). The van der Waals surface area contributed by atoms with Crippen LogP contribution in [-0.4, -0.2) is 4.57 Å². The molecule has 0 saturated carbocycles. The molecule has 1 aromatic heterocycles. The monoisotopic (exact) mass is 703 g/mol. The van der Waals surface area contributed by atoms with E-state index in [2.05, 4.69) is 182 Å². The third-order valence-electron chi connectivity index (χ3n) is 9.49. The largest absolute Gasteiger partial charge is 0.309 e. The second-order valence-electron chi connectivity index (χ2n) is 11.9. The third kappa shape index (κ3) is 4.18. The van der Waals surface area contributed by atoms with Crippen molar-refractivity contribution in [1.82, 2.24) is 4.57 Å². The van der Waals surface area contributed by atoms with Gasteiger partial charge < -0.3 is 4.57 Å². The van der Waals surface area contributed by atoms with E-state index in [1.807, 2.05) is 0 Å². The lowest BCUT2D eigenvalue weighted by atomic mass is 9.72. The predicted octanol–water partition coefficient (Wildman–Crippen LogP) is 9.63. The molecular weight excluding hydrogens is 678 g/mol. The molecule has 0 aliphatic heterocycles. The van der Waals surface area contributed by atoms with E-state index in [-0.39, 0.29) is 5.92 Å². The zero-order valence-corrected chi connectivity index (χ0v) is 27.5. The third-order valence-corrected chi connectivity index (χ3v) is 10.5. The molecule has 2 aliphatic rings. The van der Waals surface area contributed by atoms with Crippen molar-refractivity contribution in [3.05, 3.63) is 203 Å². The summed E-state index contributed by atoms with van der Waals surface area (Å²) in [4.78, 5) is 0. The van der Waals surface area contributed by atoms with E-state index in [1.54, 1.807) is 0 Å². The summed E-state index contributed by atoms with van der Waals surface area (Å²) in [6, 6.07) is 53.5. The lowest BCUT2D eigenvalue weighted by Crippen LogP contribution is -2.25. The van der Waals surface area contributed by atoms with Crippen LogP contribution in [0.2, 0.25) is 0 Å². The van der Waals surface area contributed by atoms with E-state index in [1.165, 1.54) is 70.2 Å². The Balaban J connectivity index is 1.63. The van der Waals surface area contributed by atoms with Gasteiger partial charge in [-0.05, 0) is 86.3 Å². The molecule has 0 spiro atoms. The van der Waals surface area contributed by atoms with Crippen molar-refractivity contribution in [3.8, 4) is 5.69 Å². The lowest BCUT2D eigenvalue weighted by Gasteiger charge is -2.31. The zero-order valence-electron chi connectivity index (χ0n) is 24.3. The molecule has 7 aromatic rings. The number of para-hydroxylation sites is 1. The van der Waals surface area contributed by atoms with Crippen molar-refractivity contribution in [2.24, 2.45) is 0 Å². The first-order valence-corrected chi connectivity index (χ1v) is 16.9. The van der Waals surface area contributed by atoms with E-state index in [9.17, 15) is 0 Å². The summed E-state index contributed by atoms with van der Waals surface area (Å²) in [6.45, 7) is 0. The molecule has 0 bridgehead atoms. The van der Waals surface area contributed by atoms with Crippen LogP contribution in [0, 0.1) is 21.0 Å². The molecule has 0 radical (unpaired) electrons. The van der Waals surface area contributed by atoms with Gasteiger partial charge in [0.2, 0.25) is 0 Å².